The van der Waals surface area contributed by atoms with Crippen molar-refractivity contribution < 1.29 is 14.7 Å². The van der Waals surface area contributed by atoms with Gasteiger partial charge in [0.15, 0.2) is 0 Å². The molecule has 0 unspecified atom stereocenters. The van der Waals surface area contributed by atoms with Gasteiger partial charge in [-0.25, -0.2) is 4.79 Å². The fraction of sp³-hybridized carbons (Fsp3) is 0.300. The molecular weight excluding hydrogens is 330 g/mol. The lowest BCUT2D eigenvalue weighted by molar-refractivity contribution is 0.0867. The Morgan fingerprint density at radius 2 is 1.38 bits per heavy atom. The molecule has 1 fully saturated rings. The number of urea groups is 1. The third-order valence-electron chi connectivity index (χ3n) is 4.47. The van der Waals surface area contributed by atoms with Crippen molar-refractivity contribution in [3.05, 3.63) is 60.2 Å². The highest BCUT2D eigenvalue weighted by atomic mass is 16.3. The highest BCUT2D eigenvalue weighted by Gasteiger charge is 2.21. The average Bonchev–Trinajstić information content (AvgIpc) is 2.65. The molecule has 0 spiro atoms. The zero-order valence-electron chi connectivity index (χ0n) is 14.4. The fourth-order valence-electron chi connectivity index (χ4n) is 3.01. The number of anilines is 2. The Hall–Kier alpha value is -2.86. The summed E-state index contributed by atoms with van der Waals surface area (Å²) in [7, 11) is 0. The molecular formula is C20H23N3O3. The highest BCUT2D eigenvalue weighted by Crippen LogP contribution is 2.19. The summed E-state index contributed by atoms with van der Waals surface area (Å²) in [5, 5.41) is 18.0. The minimum Gasteiger partial charge on any atom is -0.393 e. The average molecular weight is 353 g/mol. The number of aliphatic hydroxyl groups excluding tert-OH is 1. The number of benzene rings is 2. The van der Waals surface area contributed by atoms with Gasteiger partial charge in [0.05, 0.1) is 6.10 Å². The Morgan fingerprint density at radius 1 is 0.808 bits per heavy atom. The van der Waals surface area contributed by atoms with Crippen LogP contribution in [0.25, 0.3) is 0 Å². The van der Waals surface area contributed by atoms with Crippen molar-refractivity contribution in [3.8, 4) is 0 Å². The first-order valence-corrected chi connectivity index (χ1v) is 8.82. The third kappa shape index (κ3) is 5.07. The maximum absolute atomic E-state index is 12.3. The summed E-state index contributed by atoms with van der Waals surface area (Å²) in [4.78, 5) is 24.3. The van der Waals surface area contributed by atoms with Gasteiger partial charge in [-0.2, -0.15) is 0 Å². The molecule has 0 atom stereocenters. The van der Waals surface area contributed by atoms with Crippen molar-refractivity contribution in [3.63, 3.8) is 0 Å². The van der Waals surface area contributed by atoms with Crippen LogP contribution in [0.3, 0.4) is 0 Å². The van der Waals surface area contributed by atoms with Crippen LogP contribution in [0, 0.1) is 0 Å². The van der Waals surface area contributed by atoms with Gasteiger partial charge in [-0.15, -0.1) is 0 Å². The molecule has 3 amide bonds. The number of para-hydroxylation sites is 1. The molecule has 0 heterocycles. The number of nitrogens with one attached hydrogen (secondary N) is 3. The lowest BCUT2D eigenvalue weighted by atomic mass is 9.93. The third-order valence-corrected chi connectivity index (χ3v) is 4.47. The molecule has 6 heteroatoms. The second kappa shape index (κ2) is 8.49. The van der Waals surface area contributed by atoms with Gasteiger partial charge in [-0.1, -0.05) is 18.2 Å². The van der Waals surface area contributed by atoms with Crippen molar-refractivity contribution >= 4 is 23.3 Å². The van der Waals surface area contributed by atoms with Crippen LogP contribution >= 0.6 is 0 Å². The van der Waals surface area contributed by atoms with E-state index >= 15 is 0 Å². The predicted molar refractivity (Wildman–Crippen MR) is 101 cm³/mol. The summed E-state index contributed by atoms with van der Waals surface area (Å²) >= 11 is 0. The van der Waals surface area contributed by atoms with E-state index in [1.165, 1.54) is 0 Å². The molecule has 2 aromatic carbocycles. The van der Waals surface area contributed by atoms with E-state index in [9.17, 15) is 14.7 Å². The molecule has 1 saturated carbocycles. The summed E-state index contributed by atoms with van der Waals surface area (Å²) < 4.78 is 0. The number of hydrogen-bond acceptors (Lipinski definition) is 3. The van der Waals surface area contributed by atoms with E-state index < -0.39 is 0 Å². The van der Waals surface area contributed by atoms with E-state index in [2.05, 4.69) is 16.0 Å². The second-order valence-corrected chi connectivity index (χ2v) is 6.50. The predicted octanol–water partition coefficient (Wildman–Crippen LogP) is 3.36. The molecule has 1 aliphatic carbocycles. The van der Waals surface area contributed by atoms with Crippen LogP contribution in [0.2, 0.25) is 0 Å². The molecule has 26 heavy (non-hydrogen) atoms. The van der Waals surface area contributed by atoms with Crippen molar-refractivity contribution in [2.75, 3.05) is 10.6 Å². The highest BCUT2D eigenvalue weighted by molar-refractivity contribution is 6.00. The summed E-state index contributed by atoms with van der Waals surface area (Å²) in [6.07, 6.45) is 2.81. The summed E-state index contributed by atoms with van der Waals surface area (Å²) in [5.41, 5.74) is 1.86. The Balaban J connectivity index is 1.51. The van der Waals surface area contributed by atoms with Gasteiger partial charge in [0.2, 0.25) is 0 Å². The molecule has 0 saturated heterocycles. The fourth-order valence-corrected chi connectivity index (χ4v) is 3.01. The smallest absolute Gasteiger partial charge is 0.323 e. The molecule has 6 nitrogen and oxygen atoms in total. The van der Waals surface area contributed by atoms with E-state index in [4.69, 9.17) is 0 Å². The standard InChI is InChI=1S/C20H23N3O3/c24-18-12-10-16(11-13-18)21-19(25)14-6-8-17(9-7-14)23-20(26)22-15-4-2-1-3-5-15/h1-9,16,18,24H,10-13H2,(H,21,25)(H2,22,23,26). The zero-order valence-corrected chi connectivity index (χ0v) is 14.4. The van der Waals surface area contributed by atoms with Gasteiger partial charge in [0.1, 0.15) is 0 Å². The number of amides is 3. The summed E-state index contributed by atoms with van der Waals surface area (Å²) in [6, 6.07) is 15.7. The van der Waals surface area contributed by atoms with Crippen molar-refractivity contribution in [2.24, 2.45) is 0 Å². The van der Waals surface area contributed by atoms with Crippen LogP contribution in [0.15, 0.2) is 54.6 Å². The maximum atomic E-state index is 12.3. The van der Waals surface area contributed by atoms with Gasteiger partial charge in [-0.3, -0.25) is 4.79 Å². The Kier molecular flexibility index (Phi) is 5.86. The van der Waals surface area contributed by atoms with E-state index in [1.54, 1.807) is 36.4 Å². The first-order valence-electron chi connectivity index (χ1n) is 8.82. The van der Waals surface area contributed by atoms with E-state index in [1.807, 2.05) is 18.2 Å². The molecule has 136 valence electrons. The molecule has 0 aromatic heterocycles. The summed E-state index contributed by atoms with van der Waals surface area (Å²) in [5.74, 6) is -0.133. The minimum absolute atomic E-state index is 0.111. The van der Waals surface area contributed by atoms with E-state index in [0.717, 1.165) is 25.7 Å². The van der Waals surface area contributed by atoms with Crippen LogP contribution in [-0.4, -0.2) is 29.2 Å². The lowest BCUT2D eigenvalue weighted by Gasteiger charge is -2.26. The second-order valence-electron chi connectivity index (χ2n) is 6.50. The first kappa shape index (κ1) is 17.9. The van der Waals surface area contributed by atoms with E-state index in [-0.39, 0.29) is 24.1 Å². The van der Waals surface area contributed by atoms with Gasteiger partial charge < -0.3 is 21.1 Å². The normalized spacial score (nSPS) is 19.4. The number of carbonyl (C=O) groups is 2. The monoisotopic (exact) mass is 353 g/mol. The molecule has 4 N–H and O–H groups in total. The number of aliphatic hydroxyl groups is 1. The van der Waals surface area contributed by atoms with Crippen LogP contribution in [0.1, 0.15) is 36.0 Å². The molecule has 0 bridgehead atoms. The molecule has 0 radical (unpaired) electrons. The van der Waals surface area contributed by atoms with Gasteiger partial charge in [0.25, 0.3) is 5.91 Å². The van der Waals surface area contributed by atoms with Crippen LogP contribution in [0.4, 0.5) is 16.2 Å². The van der Waals surface area contributed by atoms with Crippen molar-refractivity contribution in [2.45, 2.75) is 37.8 Å². The van der Waals surface area contributed by atoms with Crippen molar-refractivity contribution in [1.82, 2.24) is 5.32 Å². The lowest BCUT2D eigenvalue weighted by Crippen LogP contribution is -2.38. The zero-order chi connectivity index (χ0) is 18.4. The molecule has 1 aliphatic rings. The number of rotatable bonds is 4. The maximum Gasteiger partial charge on any atom is 0.323 e. The summed E-state index contributed by atoms with van der Waals surface area (Å²) in [6.45, 7) is 0. The van der Waals surface area contributed by atoms with Gasteiger partial charge in [-0.05, 0) is 62.1 Å². The van der Waals surface area contributed by atoms with Crippen LogP contribution in [0.5, 0.6) is 0 Å². The largest absolute Gasteiger partial charge is 0.393 e. The number of carbonyl (C=O) groups excluding carboxylic acids is 2. The number of hydrogen-bond donors (Lipinski definition) is 4. The SMILES string of the molecule is O=C(Nc1ccccc1)Nc1ccc(C(=O)NC2CCC(O)CC2)cc1. The molecule has 0 aliphatic heterocycles. The molecule has 3 rings (SSSR count). The quantitative estimate of drug-likeness (QED) is 0.679. The van der Waals surface area contributed by atoms with Gasteiger partial charge in [0, 0.05) is 23.0 Å². The minimum atomic E-state index is -0.339. The Labute approximate surface area is 152 Å². The Morgan fingerprint density at radius 3 is 2.00 bits per heavy atom. The topological polar surface area (TPSA) is 90.5 Å². The molecule has 2 aromatic rings. The van der Waals surface area contributed by atoms with Gasteiger partial charge >= 0.3 is 6.03 Å². The van der Waals surface area contributed by atoms with Crippen molar-refractivity contribution in [1.29, 1.82) is 0 Å². The first-order chi connectivity index (χ1) is 12.6. The van der Waals surface area contributed by atoms with Crippen LogP contribution < -0.4 is 16.0 Å². The van der Waals surface area contributed by atoms with Crippen LogP contribution in [-0.2, 0) is 0 Å². The van der Waals surface area contributed by atoms with E-state index in [0.29, 0.717) is 16.9 Å². The Bertz CT molecular complexity index is 739.